The summed E-state index contributed by atoms with van der Waals surface area (Å²) in [6, 6.07) is 8.68. The second-order valence-electron chi connectivity index (χ2n) is 5.93. The highest BCUT2D eigenvalue weighted by Crippen LogP contribution is 2.31. The van der Waals surface area contributed by atoms with E-state index in [9.17, 15) is 0 Å². The smallest absolute Gasteiger partial charge is 0.123 e. The molecule has 0 spiro atoms. The number of ether oxygens (including phenoxy) is 1. The van der Waals surface area contributed by atoms with E-state index in [-0.39, 0.29) is 0 Å². The first-order valence-electron chi connectivity index (χ1n) is 7.70. The molecule has 0 saturated carbocycles. The van der Waals surface area contributed by atoms with Crippen LogP contribution in [-0.2, 0) is 13.6 Å². The maximum Gasteiger partial charge on any atom is 0.123 e. The molecule has 0 aliphatic carbocycles. The van der Waals surface area contributed by atoms with E-state index in [1.54, 1.807) is 7.11 Å². The molecule has 1 fully saturated rings. The van der Waals surface area contributed by atoms with Crippen molar-refractivity contribution in [1.29, 1.82) is 0 Å². The predicted octanol–water partition coefficient (Wildman–Crippen LogP) is 1.92. The number of likely N-dealkylation sites (N-methyl/N-ethyl adjacent to an activating group) is 1. The van der Waals surface area contributed by atoms with Gasteiger partial charge in [0.05, 0.1) is 19.7 Å². The molecule has 0 radical (unpaired) electrons. The molecule has 0 N–H and O–H groups in total. The SMILES string of the molecule is COc1ccccc1[C@H]1CN(Cc2nccn2C)CCN1C. The van der Waals surface area contributed by atoms with E-state index in [4.69, 9.17) is 4.74 Å². The van der Waals surface area contributed by atoms with Crippen molar-refractivity contribution in [3.63, 3.8) is 0 Å². The lowest BCUT2D eigenvalue weighted by atomic mass is 10.0. The van der Waals surface area contributed by atoms with Gasteiger partial charge in [-0.1, -0.05) is 18.2 Å². The number of hydrogen-bond acceptors (Lipinski definition) is 4. The lowest BCUT2D eigenvalue weighted by Gasteiger charge is -2.40. The summed E-state index contributed by atoms with van der Waals surface area (Å²) in [5.41, 5.74) is 1.26. The molecule has 5 nitrogen and oxygen atoms in total. The van der Waals surface area contributed by atoms with Crippen molar-refractivity contribution in [2.24, 2.45) is 7.05 Å². The zero-order valence-corrected chi connectivity index (χ0v) is 13.6. The second-order valence-corrected chi connectivity index (χ2v) is 5.93. The summed E-state index contributed by atoms with van der Waals surface area (Å²) in [7, 11) is 5.98. The highest BCUT2D eigenvalue weighted by atomic mass is 16.5. The molecule has 1 saturated heterocycles. The van der Waals surface area contributed by atoms with Crippen LogP contribution in [0.4, 0.5) is 0 Å². The van der Waals surface area contributed by atoms with Crippen LogP contribution >= 0.6 is 0 Å². The highest BCUT2D eigenvalue weighted by Gasteiger charge is 2.28. The molecule has 5 heteroatoms. The lowest BCUT2D eigenvalue weighted by molar-refractivity contribution is 0.0866. The van der Waals surface area contributed by atoms with E-state index >= 15 is 0 Å². The van der Waals surface area contributed by atoms with Crippen LogP contribution in [-0.4, -0.2) is 53.1 Å². The van der Waals surface area contributed by atoms with Crippen molar-refractivity contribution in [3.8, 4) is 5.75 Å². The van der Waals surface area contributed by atoms with E-state index in [0.717, 1.165) is 37.8 Å². The third-order valence-corrected chi connectivity index (χ3v) is 4.52. The average Bonchev–Trinajstić information content (AvgIpc) is 2.94. The Labute approximate surface area is 132 Å². The molecule has 1 aliphatic heterocycles. The summed E-state index contributed by atoms with van der Waals surface area (Å²) in [6.07, 6.45) is 3.87. The standard InChI is InChI=1S/C17H24N4O/c1-19-10-11-21(13-17-18-8-9-20(17)2)12-15(19)14-6-4-5-7-16(14)22-3/h4-9,15H,10-13H2,1-3H3/t15-/m1/s1. The van der Waals surface area contributed by atoms with Crippen LogP contribution in [0, 0.1) is 0 Å². The first-order chi connectivity index (χ1) is 10.7. The summed E-state index contributed by atoms with van der Waals surface area (Å²) in [5.74, 6) is 2.08. The van der Waals surface area contributed by atoms with Gasteiger partial charge in [-0.15, -0.1) is 0 Å². The lowest BCUT2D eigenvalue weighted by Crippen LogP contribution is -2.46. The Morgan fingerprint density at radius 2 is 2.05 bits per heavy atom. The molecule has 2 heterocycles. The number of piperazine rings is 1. The molecule has 1 aromatic heterocycles. The number of hydrogen-bond donors (Lipinski definition) is 0. The maximum atomic E-state index is 5.55. The normalized spacial score (nSPS) is 20.2. The quantitative estimate of drug-likeness (QED) is 0.864. The predicted molar refractivity (Wildman–Crippen MR) is 86.9 cm³/mol. The third-order valence-electron chi connectivity index (χ3n) is 4.52. The van der Waals surface area contributed by atoms with Gasteiger partial charge in [0, 0.05) is 44.6 Å². The molecule has 0 bridgehead atoms. The van der Waals surface area contributed by atoms with Gasteiger partial charge in [0.25, 0.3) is 0 Å². The molecule has 0 unspecified atom stereocenters. The van der Waals surface area contributed by atoms with E-state index < -0.39 is 0 Å². The fraction of sp³-hybridized carbons (Fsp3) is 0.471. The average molecular weight is 300 g/mol. The maximum absolute atomic E-state index is 5.55. The fourth-order valence-corrected chi connectivity index (χ4v) is 3.10. The fourth-order valence-electron chi connectivity index (χ4n) is 3.10. The number of benzene rings is 1. The Morgan fingerprint density at radius 3 is 2.77 bits per heavy atom. The molecule has 1 atom stereocenters. The minimum Gasteiger partial charge on any atom is -0.496 e. The number of rotatable bonds is 4. The molecule has 0 amide bonds. The summed E-state index contributed by atoms with van der Waals surface area (Å²) >= 11 is 0. The molecule has 2 aromatic rings. The van der Waals surface area contributed by atoms with Gasteiger partial charge >= 0.3 is 0 Å². The Hall–Kier alpha value is -1.85. The van der Waals surface area contributed by atoms with Gasteiger partial charge in [0.1, 0.15) is 11.6 Å². The first-order valence-corrected chi connectivity index (χ1v) is 7.70. The van der Waals surface area contributed by atoms with E-state index in [1.807, 2.05) is 24.5 Å². The molecular formula is C17H24N4O. The van der Waals surface area contributed by atoms with Crippen LogP contribution in [0.3, 0.4) is 0 Å². The summed E-state index contributed by atoms with van der Waals surface area (Å²) in [4.78, 5) is 9.32. The van der Waals surface area contributed by atoms with Crippen LogP contribution in [0.2, 0.25) is 0 Å². The number of methoxy groups -OCH3 is 1. The van der Waals surface area contributed by atoms with Crippen molar-refractivity contribution in [2.75, 3.05) is 33.8 Å². The monoisotopic (exact) mass is 300 g/mol. The molecule has 1 aromatic carbocycles. The van der Waals surface area contributed by atoms with Crippen molar-refractivity contribution < 1.29 is 4.74 Å². The van der Waals surface area contributed by atoms with Gasteiger partial charge in [0.2, 0.25) is 0 Å². The van der Waals surface area contributed by atoms with Gasteiger partial charge in [-0.3, -0.25) is 9.80 Å². The summed E-state index contributed by atoms with van der Waals surface area (Å²) in [5, 5.41) is 0. The number of aromatic nitrogens is 2. The van der Waals surface area contributed by atoms with Crippen LogP contribution in [0.1, 0.15) is 17.4 Å². The first kappa shape index (κ1) is 15.1. The van der Waals surface area contributed by atoms with Gasteiger partial charge in [-0.05, 0) is 13.1 Å². The molecule has 22 heavy (non-hydrogen) atoms. The minimum absolute atomic E-state index is 0.352. The zero-order valence-electron chi connectivity index (χ0n) is 13.6. The van der Waals surface area contributed by atoms with Crippen LogP contribution < -0.4 is 4.74 Å². The zero-order chi connectivity index (χ0) is 15.5. The number of imidazole rings is 1. The molecule has 1 aliphatic rings. The molecular weight excluding hydrogens is 276 g/mol. The largest absolute Gasteiger partial charge is 0.496 e. The van der Waals surface area contributed by atoms with Gasteiger partial charge < -0.3 is 9.30 Å². The van der Waals surface area contributed by atoms with E-state index in [1.165, 1.54) is 5.56 Å². The number of aryl methyl sites for hydroxylation is 1. The second kappa shape index (κ2) is 6.50. The van der Waals surface area contributed by atoms with Crippen LogP contribution in [0.5, 0.6) is 5.75 Å². The van der Waals surface area contributed by atoms with Crippen molar-refractivity contribution in [3.05, 3.63) is 48.0 Å². The van der Waals surface area contributed by atoms with E-state index in [2.05, 4.69) is 45.6 Å². The minimum atomic E-state index is 0.352. The van der Waals surface area contributed by atoms with Crippen molar-refractivity contribution in [1.82, 2.24) is 19.4 Å². The number of nitrogens with zero attached hydrogens (tertiary/aromatic N) is 4. The van der Waals surface area contributed by atoms with Gasteiger partial charge in [-0.25, -0.2) is 4.98 Å². The highest BCUT2D eigenvalue weighted by molar-refractivity contribution is 5.36. The number of para-hydroxylation sites is 1. The Kier molecular flexibility index (Phi) is 4.45. The topological polar surface area (TPSA) is 33.5 Å². The third kappa shape index (κ3) is 3.00. The van der Waals surface area contributed by atoms with Crippen LogP contribution in [0.15, 0.2) is 36.7 Å². The Morgan fingerprint density at radius 1 is 1.23 bits per heavy atom. The van der Waals surface area contributed by atoms with Crippen LogP contribution in [0.25, 0.3) is 0 Å². The van der Waals surface area contributed by atoms with Crippen molar-refractivity contribution in [2.45, 2.75) is 12.6 Å². The Bertz CT molecular complexity index is 625. The van der Waals surface area contributed by atoms with Gasteiger partial charge in [-0.2, -0.15) is 0 Å². The summed E-state index contributed by atoms with van der Waals surface area (Å²) < 4.78 is 7.64. The molecule has 3 rings (SSSR count). The van der Waals surface area contributed by atoms with E-state index in [0.29, 0.717) is 6.04 Å². The van der Waals surface area contributed by atoms with Crippen molar-refractivity contribution >= 4 is 0 Å². The molecule has 118 valence electrons. The Balaban J connectivity index is 1.77. The summed E-state index contributed by atoms with van der Waals surface area (Å²) in [6.45, 7) is 3.99. The van der Waals surface area contributed by atoms with Gasteiger partial charge in [0.15, 0.2) is 0 Å².